The number of furan rings is 1. The molecule has 0 aliphatic rings. The largest absolute Gasteiger partial charge is 0.453 e. The van der Waals surface area contributed by atoms with Crippen molar-refractivity contribution >= 4 is 77.9 Å². The lowest BCUT2D eigenvalue weighted by molar-refractivity contribution is 0.664. The van der Waals surface area contributed by atoms with E-state index in [0.29, 0.717) is 5.02 Å². The molecule has 4 heteroatoms. The molecule has 0 amide bonds. The van der Waals surface area contributed by atoms with Crippen LogP contribution in [0, 0.1) is 3.57 Å². The van der Waals surface area contributed by atoms with Crippen LogP contribution in [0.4, 0.5) is 0 Å². The van der Waals surface area contributed by atoms with Gasteiger partial charge in [0.1, 0.15) is 5.58 Å². The normalized spacial score (nSPS) is 11.9. The number of halogens is 2. The summed E-state index contributed by atoms with van der Waals surface area (Å²) in [5.41, 5.74) is 5.01. The van der Waals surface area contributed by atoms with Gasteiger partial charge in [0.25, 0.3) is 0 Å². The van der Waals surface area contributed by atoms with Crippen molar-refractivity contribution in [3.63, 3.8) is 0 Å². The van der Waals surface area contributed by atoms with Crippen molar-refractivity contribution in [2.75, 3.05) is 0 Å². The third kappa shape index (κ3) is 2.14. The van der Waals surface area contributed by atoms with E-state index in [-0.39, 0.29) is 0 Å². The minimum Gasteiger partial charge on any atom is -0.453 e. The monoisotopic (exact) mass is 493 g/mol. The zero-order valence-electron chi connectivity index (χ0n) is 14.6. The Labute approximate surface area is 179 Å². The topological polar surface area (TPSA) is 18.1 Å². The Balaban J connectivity index is 1.85. The van der Waals surface area contributed by atoms with Crippen molar-refractivity contribution in [1.29, 1.82) is 0 Å². The lowest BCUT2D eigenvalue weighted by atomic mass is 10.1. The van der Waals surface area contributed by atoms with Crippen molar-refractivity contribution in [1.82, 2.24) is 4.57 Å². The van der Waals surface area contributed by atoms with Crippen LogP contribution in [0.5, 0.6) is 0 Å². The Bertz CT molecular complexity index is 1490. The summed E-state index contributed by atoms with van der Waals surface area (Å²) in [6.07, 6.45) is 0. The van der Waals surface area contributed by atoms with Crippen LogP contribution in [0.25, 0.3) is 49.4 Å². The van der Waals surface area contributed by atoms with Crippen LogP contribution in [-0.4, -0.2) is 4.57 Å². The fourth-order valence-electron chi connectivity index (χ4n) is 4.17. The zero-order valence-corrected chi connectivity index (χ0v) is 17.5. The van der Waals surface area contributed by atoms with Gasteiger partial charge in [0.05, 0.1) is 25.3 Å². The molecule has 134 valence electrons. The fraction of sp³-hybridized carbons (Fsp3) is 0. The molecule has 0 fully saturated rings. The fourth-order valence-corrected chi connectivity index (χ4v) is 5.03. The molecule has 0 saturated heterocycles. The van der Waals surface area contributed by atoms with Crippen LogP contribution >= 0.6 is 34.2 Å². The molecule has 2 nitrogen and oxygen atoms in total. The maximum atomic E-state index is 6.63. The van der Waals surface area contributed by atoms with Crippen LogP contribution in [0.3, 0.4) is 0 Å². The van der Waals surface area contributed by atoms with Crippen LogP contribution in [0.1, 0.15) is 0 Å². The Hall–Kier alpha value is -2.50. The minimum absolute atomic E-state index is 0.709. The summed E-state index contributed by atoms with van der Waals surface area (Å²) in [5.74, 6) is 0. The number of aromatic nitrogens is 1. The van der Waals surface area contributed by atoms with Gasteiger partial charge in [-0.25, -0.2) is 0 Å². The van der Waals surface area contributed by atoms with Gasteiger partial charge in [-0.1, -0.05) is 60.1 Å². The number of benzene rings is 4. The number of rotatable bonds is 1. The van der Waals surface area contributed by atoms with Crippen LogP contribution in [-0.2, 0) is 0 Å². The lowest BCUT2D eigenvalue weighted by Gasteiger charge is -2.09. The first-order chi connectivity index (χ1) is 13.7. The van der Waals surface area contributed by atoms with Gasteiger partial charge in [0.2, 0.25) is 0 Å². The summed E-state index contributed by atoms with van der Waals surface area (Å²) < 4.78 is 9.76. The lowest BCUT2D eigenvalue weighted by Crippen LogP contribution is -1.94. The van der Waals surface area contributed by atoms with E-state index < -0.39 is 0 Å². The highest BCUT2D eigenvalue weighted by molar-refractivity contribution is 14.1. The van der Waals surface area contributed by atoms with Crippen molar-refractivity contribution in [2.45, 2.75) is 0 Å². The molecule has 0 atom stereocenters. The first-order valence-electron chi connectivity index (χ1n) is 9.02. The summed E-state index contributed by atoms with van der Waals surface area (Å²) in [6.45, 7) is 0. The van der Waals surface area contributed by atoms with E-state index in [1.165, 1.54) is 10.8 Å². The number of hydrogen-bond acceptors (Lipinski definition) is 1. The van der Waals surface area contributed by atoms with Gasteiger partial charge < -0.3 is 8.98 Å². The van der Waals surface area contributed by atoms with Gasteiger partial charge in [0.15, 0.2) is 5.58 Å². The second-order valence-corrected chi connectivity index (χ2v) is 8.43. The smallest absolute Gasteiger partial charge is 0.160 e. The molecule has 0 aliphatic heterocycles. The van der Waals surface area contributed by atoms with Crippen LogP contribution in [0.2, 0.25) is 5.02 Å². The molecular weight excluding hydrogens is 481 g/mol. The molecule has 0 radical (unpaired) electrons. The Kier molecular flexibility index (Phi) is 3.52. The molecule has 2 aromatic heterocycles. The zero-order chi connectivity index (χ0) is 18.8. The molecular formula is C24H13ClINO. The van der Waals surface area contributed by atoms with E-state index in [4.69, 9.17) is 16.0 Å². The molecule has 0 spiro atoms. The predicted octanol–water partition coefficient (Wildman–Crippen LogP) is 7.94. The van der Waals surface area contributed by atoms with Crippen molar-refractivity contribution in [2.24, 2.45) is 0 Å². The summed E-state index contributed by atoms with van der Waals surface area (Å²) in [5, 5.41) is 5.18. The maximum absolute atomic E-state index is 6.63. The molecule has 0 N–H and O–H groups in total. The molecule has 4 aromatic carbocycles. The van der Waals surface area contributed by atoms with Gasteiger partial charge in [-0.15, -0.1) is 0 Å². The van der Waals surface area contributed by atoms with Crippen molar-refractivity contribution in [3.8, 4) is 5.69 Å². The van der Waals surface area contributed by atoms with E-state index in [0.717, 1.165) is 42.2 Å². The average molecular weight is 494 g/mol. The first kappa shape index (κ1) is 16.5. The van der Waals surface area contributed by atoms with Crippen molar-refractivity contribution < 1.29 is 4.42 Å². The first-order valence-corrected chi connectivity index (χ1v) is 10.5. The number of fused-ring (bicyclic) bond motifs is 6. The third-order valence-electron chi connectivity index (χ3n) is 5.35. The quantitative estimate of drug-likeness (QED) is 0.213. The molecule has 0 unspecified atom stereocenters. The van der Waals surface area contributed by atoms with E-state index in [9.17, 15) is 0 Å². The summed E-state index contributed by atoms with van der Waals surface area (Å²) in [6, 6.07) is 27.2. The van der Waals surface area contributed by atoms with Crippen molar-refractivity contribution in [3.05, 3.63) is 87.5 Å². The van der Waals surface area contributed by atoms with Crippen LogP contribution in [0.15, 0.2) is 83.3 Å². The Morgan fingerprint density at radius 1 is 0.679 bits per heavy atom. The molecule has 6 rings (SSSR count). The number of hydrogen-bond donors (Lipinski definition) is 0. The van der Waals surface area contributed by atoms with Gasteiger partial charge in [-0.05, 0) is 52.9 Å². The van der Waals surface area contributed by atoms with E-state index in [1.54, 1.807) is 0 Å². The number of nitrogens with zero attached hydrogens (tertiary/aromatic N) is 1. The third-order valence-corrected chi connectivity index (χ3v) is 6.51. The highest BCUT2D eigenvalue weighted by Crippen LogP contribution is 2.41. The van der Waals surface area contributed by atoms with E-state index >= 15 is 0 Å². The highest BCUT2D eigenvalue weighted by atomic mass is 127. The molecule has 2 heterocycles. The minimum atomic E-state index is 0.709. The highest BCUT2D eigenvalue weighted by Gasteiger charge is 2.19. The summed E-state index contributed by atoms with van der Waals surface area (Å²) in [7, 11) is 0. The second kappa shape index (κ2) is 6.00. The van der Waals surface area contributed by atoms with Gasteiger partial charge in [0, 0.05) is 21.5 Å². The van der Waals surface area contributed by atoms with Gasteiger partial charge in [-0.3, -0.25) is 0 Å². The molecule has 28 heavy (non-hydrogen) atoms. The summed E-state index contributed by atoms with van der Waals surface area (Å²) in [4.78, 5) is 0. The van der Waals surface area contributed by atoms with Gasteiger partial charge >= 0.3 is 0 Å². The molecule has 6 aromatic rings. The maximum Gasteiger partial charge on any atom is 0.160 e. The van der Waals surface area contributed by atoms with Crippen LogP contribution < -0.4 is 0 Å². The van der Waals surface area contributed by atoms with Gasteiger partial charge in [-0.2, -0.15) is 0 Å². The summed E-state index contributed by atoms with van der Waals surface area (Å²) >= 11 is 8.94. The Morgan fingerprint density at radius 3 is 2.04 bits per heavy atom. The molecule has 0 aliphatic carbocycles. The predicted molar refractivity (Wildman–Crippen MR) is 126 cm³/mol. The molecule has 0 bridgehead atoms. The van der Waals surface area contributed by atoms with E-state index in [1.807, 2.05) is 12.1 Å². The number of para-hydroxylation sites is 3. The standard InChI is InChI=1S/C24H13ClINO/c25-17-12-13-21(24-22(17)16-8-5-9-18(26)23(16)28-24)27-19-10-3-1-6-14(19)15-7-2-4-11-20(15)27/h1-13H. The SMILES string of the molecule is Clc1ccc(-n2c3ccccc3c3ccccc32)c2oc3c(I)cccc3c12. The Morgan fingerprint density at radius 2 is 1.32 bits per heavy atom. The average Bonchev–Trinajstić information content (AvgIpc) is 3.27. The second-order valence-electron chi connectivity index (χ2n) is 6.86. The van der Waals surface area contributed by atoms with E-state index in [2.05, 4.69) is 93.9 Å². The molecule has 0 saturated carbocycles.